The number of hydrogen-bond donors (Lipinski definition) is 0. The quantitative estimate of drug-likeness (QED) is 0.740. The Labute approximate surface area is 117 Å². The topological polar surface area (TPSA) is 35.5 Å². The molecule has 1 atom stereocenters. The molecule has 0 bridgehead atoms. The van der Waals surface area contributed by atoms with Gasteiger partial charge >= 0.3 is 5.97 Å². The lowest BCUT2D eigenvalue weighted by Crippen LogP contribution is -2.28. The first-order valence-electron chi connectivity index (χ1n) is 5.78. The largest absolute Gasteiger partial charge is 0.477 e. The Morgan fingerprint density at radius 1 is 1.39 bits per heavy atom. The lowest BCUT2D eigenvalue weighted by molar-refractivity contribution is -0.149. The van der Waals surface area contributed by atoms with E-state index in [2.05, 4.69) is 0 Å². The van der Waals surface area contributed by atoms with Crippen LogP contribution in [-0.4, -0.2) is 19.2 Å². The number of methoxy groups -OCH3 is 1. The lowest BCUT2D eigenvalue weighted by atomic mass is 10.1. The van der Waals surface area contributed by atoms with E-state index in [0.29, 0.717) is 22.2 Å². The predicted molar refractivity (Wildman–Crippen MR) is 72.4 cm³/mol. The summed E-state index contributed by atoms with van der Waals surface area (Å²) in [5.74, 6) is -0.00448. The average Bonchev–Trinajstić information content (AvgIpc) is 2.37. The van der Waals surface area contributed by atoms with Crippen molar-refractivity contribution < 1.29 is 14.3 Å². The van der Waals surface area contributed by atoms with Gasteiger partial charge in [-0.05, 0) is 25.0 Å². The number of halogens is 2. The Bertz CT molecular complexity index is 407. The highest BCUT2D eigenvalue weighted by molar-refractivity contribution is 6.34. The van der Waals surface area contributed by atoms with Crippen molar-refractivity contribution in [3.8, 4) is 5.75 Å². The molecule has 0 fully saturated rings. The maximum atomic E-state index is 11.6. The minimum absolute atomic E-state index is 0.399. The fraction of sp³-hybridized carbons (Fsp3) is 0.462. The molecular formula is C13H16Cl2O3. The Hall–Kier alpha value is -0.930. The van der Waals surface area contributed by atoms with Gasteiger partial charge in [-0.3, -0.25) is 0 Å². The van der Waals surface area contributed by atoms with Gasteiger partial charge in [0, 0.05) is 11.1 Å². The molecule has 0 saturated heterocycles. The maximum Gasteiger partial charge on any atom is 0.347 e. The Morgan fingerprint density at radius 3 is 2.72 bits per heavy atom. The number of carbonyl (C=O) groups is 1. The Morgan fingerprint density at radius 2 is 2.11 bits per heavy atom. The molecule has 0 heterocycles. The molecule has 5 heteroatoms. The molecule has 18 heavy (non-hydrogen) atoms. The third kappa shape index (κ3) is 4.39. The molecule has 1 rings (SSSR count). The van der Waals surface area contributed by atoms with Gasteiger partial charge in [-0.1, -0.05) is 36.5 Å². The molecule has 1 aromatic rings. The molecule has 0 radical (unpaired) electrons. The third-order valence-corrected chi connectivity index (χ3v) is 2.99. The molecule has 0 N–H and O–H groups in total. The van der Waals surface area contributed by atoms with Crippen molar-refractivity contribution >= 4 is 29.2 Å². The third-order valence-electron chi connectivity index (χ3n) is 2.45. The number of ether oxygens (including phenoxy) is 2. The number of hydrogen-bond acceptors (Lipinski definition) is 3. The van der Waals surface area contributed by atoms with E-state index < -0.39 is 12.1 Å². The maximum absolute atomic E-state index is 11.6. The fourth-order valence-electron chi connectivity index (χ4n) is 1.47. The van der Waals surface area contributed by atoms with E-state index in [1.807, 2.05) is 6.92 Å². The number of carbonyl (C=O) groups excluding carboxylic acids is 1. The molecule has 0 spiro atoms. The van der Waals surface area contributed by atoms with E-state index in [9.17, 15) is 4.79 Å². The average molecular weight is 291 g/mol. The standard InChI is InChI=1S/C13H16Cl2O3/c1-3-4-5-11(13(16)17-2)18-12-8-9(14)6-7-10(12)15/h6-8,11H,3-5H2,1-2H3. The van der Waals surface area contributed by atoms with E-state index in [0.717, 1.165) is 12.8 Å². The lowest BCUT2D eigenvalue weighted by Gasteiger charge is -2.17. The van der Waals surface area contributed by atoms with E-state index >= 15 is 0 Å². The Balaban J connectivity index is 2.81. The summed E-state index contributed by atoms with van der Waals surface area (Å²) in [6.45, 7) is 2.04. The summed E-state index contributed by atoms with van der Waals surface area (Å²) in [4.78, 5) is 11.6. The van der Waals surface area contributed by atoms with Crippen molar-refractivity contribution in [2.45, 2.75) is 32.3 Å². The second kappa shape index (κ2) is 7.49. The summed E-state index contributed by atoms with van der Waals surface area (Å²) < 4.78 is 10.3. The van der Waals surface area contributed by atoms with Crippen LogP contribution in [-0.2, 0) is 9.53 Å². The second-order valence-electron chi connectivity index (χ2n) is 3.85. The van der Waals surface area contributed by atoms with Gasteiger partial charge in [0.1, 0.15) is 5.75 Å². The molecule has 0 aromatic heterocycles. The van der Waals surface area contributed by atoms with Gasteiger partial charge in [0.15, 0.2) is 6.10 Å². The highest BCUT2D eigenvalue weighted by Crippen LogP contribution is 2.29. The van der Waals surface area contributed by atoms with Gasteiger partial charge in [0.2, 0.25) is 0 Å². The number of esters is 1. The summed E-state index contributed by atoms with van der Waals surface area (Å²) in [5, 5.41) is 0.929. The predicted octanol–water partition coefficient (Wildman–Crippen LogP) is 4.10. The Kier molecular flexibility index (Phi) is 6.30. The second-order valence-corrected chi connectivity index (χ2v) is 4.69. The van der Waals surface area contributed by atoms with E-state index in [1.54, 1.807) is 18.2 Å². The van der Waals surface area contributed by atoms with Crippen molar-refractivity contribution in [1.82, 2.24) is 0 Å². The first-order valence-corrected chi connectivity index (χ1v) is 6.53. The summed E-state index contributed by atoms with van der Waals surface area (Å²) in [6.07, 6.45) is 1.79. The molecule has 0 saturated carbocycles. The van der Waals surface area contributed by atoms with Crippen molar-refractivity contribution in [2.24, 2.45) is 0 Å². The first kappa shape index (κ1) is 15.1. The van der Waals surface area contributed by atoms with Crippen LogP contribution in [0.2, 0.25) is 10.0 Å². The molecule has 1 aromatic carbocycles. The van der Waals surface area contributed by atoms with Gasteiger partial charge in [0.25, 0.3) is 0 Å². The molecule has 3 nitrogen and oxygen atoms in total. The first-order chi connectivity index (χ1) is 8.58. The SMILES string of the molecule is CCCCC(Oc1cc(Cl)ccc1Cl)C(=O)OC. The fourth-order valence-corrected chi connectivity index (χ4v) is 1.79. The summed E-state index contributed by atoms with van der Waals surface area (Å²) in [7, 11) is 1.34. The normalized spacial score (nSPS) is 12.0. The van der Waals surface area contributed by atoms with Crippen LogP contribution in [0.15, 0.2) is 18.2 Å². The molecule has 1 unspecified atom stereocenters. The number of rotatable bonds is 6. The van der Waals surface area contributed by atoms with Crippen LogP contribution in [0.25, 0.3) is 0 Å². The van der Waals surface area contributed by atoms with Crippen LogP contribution in [0.3, 0.4) is 0 Å². The van der Waals surface area contributed by atoms with Crippen LogP contribution < -0.4 is 4.74 Å². The van der Waals surface area contributed by atoms with Crippen LogP contribution in [0, 0.1) is 0 Å². The number of benzene rings is 1. The van der Waals surface area contributed by atoms with Crippen LogP contribution in [0.4, 0.5) is 0 Å². The summed E-state index contributed by atoms with van der Waals surface area (Å²) in [6, 6.07) is 4.88. The van der Waals surface area contributed by atoms with Gasteiger partial charge < -0.3 is 9.47 Å². The van der Waals surface area contributed by atoms with E-state index in [1.165, 1.54) is 7.11 Å². The molecule has 0 aliphatic rings. The molecule has 100 valence electrons. The zero-order valence-corrected chi connectivity index (χ0v) is 11.9. The number of unbranched alkanes of at least 4 members (excludes halogenated alkanes) is 1. The molecule has 0 aliphatic carbocycles. The molecule has 0 aliphatic heterocycles. The van der Waals surface area contributed by atoms with Crippen molar-refractivity contribution in [2.75, 3.05) is 7.11 Å². The van der Waals surface area contributed by atoms with Crippen molar-refractivity contribution in [3.63, 3.8) is 0 Å². The molecular weight excluding hydrogens is 275 g/mol. The smallest absolute Gasteiger partial charge is 0.347 e. The molecule has 0 amide bonds. The summed E-state index contributed by atoms with van der Waals surface area (Å²) in [5.41, 5.74) is 0. The van der Waals surface area contributed by atoms with Gasteiger partial charge in [-0.15, -0.1) is 0 Å². The summed E-state index contributed by atoms with van der Waals surface area (Å²) >= 11 is 11.8. The van der Waals surface area contributed by atoms with Gasteiger partial charge in [-0.25, -0.2) is 4.79 Å². The monoisotopic (exact) mass is 290 g/mol. The van der Waals surface area contributed by atoms with E-state index in [-0.39, 0.29) is 0 Å². The van der Waals surface area contributed by atoms with Crippen LogP contribution in [0.5, 0.6) is 5.75 Å². The van der Waals surface area contributed by atoms with Crippen LogP contribution >= 0.6 is 23.2 Å². The van der Waals surface area contributed by atoms with Gasteiger partial charge in [-0.2, -0.15) is 0 Å². The minimum atomic E-state index is -0.647. The van der Waals surface area contributed by atoms with Crippen molar-refractivity contribution in [3.05, 3.63) is 28.2 Å². The zero-order valence-electron chi connectivity index (χ0n) is 10.4. The minimum Gasteiger partial charge on any atom is -0.477 e. The zero-order chi connectivity index (χ0) is 13.5. The van der Waals surface area contributed by atoms with Crippen LogP contribution in [0.1, 0.15) is 26.2 Å². The van der Waals surface area contributed by atoms with Gasteiger partial charge in [0.05, 0.1) is 12.1 Å². The van der Waals surface area contributed by atoms with E-state index in [4.69, 9.17) is 32.7 Å². The highest BCUT2D eigenvalue weighted by Gasteiger charge is 2.21. The highest BCUT2D eigenvalue weighted by atomic mass is 35.5. The van der Waals surface area contributed by atoms with Crippen molar-refractivity contribution in [1.29, 1.82) is 0 Å².